The number of aromatic nitrogens is 3. The largest absolute Gasteiger partial charge is 0.250 e. The van der Waals surface area contributed by atoms with Crippen molar-refractivity contribution in [1.29, 1.82) is 0 Å². The van der Waals surface area contributed by atoms with Gasteiger partial charge in [-0.1, -0.05) is 28.8 Å². The van der Waals surface area contributed by atoms with Crippen LogP contribution >= 0.6 is 15.9 Å². The van der Waals surface area contributed by atoms with Gasteiger partial charge in [0, 0.05) is 17.8 Å². The summed E-state index contributed by atoms with van der Waals surface area (Å²) in [5, 5.41) is 4.20. The highest BCUT2D eigenvalue weighted by molar-refractivity contribution is 9.09. The van der Waals surface area contributed by atoms with Crippen LogP contribution in [0.25, 0.3) is 0 Å². The molecule has 90 valence electrons. The summed E-state index contributed by atoms with van der Waals surface area (Å²) >= 11 is 3.84. The molecule has 0 bridgehead atoms. The molecule has 1 unspecified atom stereocenters. The van der Waals surface area contributed by atoms with Gasteiger partial charge in [-0.2, -0.15) is 5.10 Å². The molecule has 2 rings (SSSR count). The Hall–Kier alpha value is -0.380. The van der Waals surface area contributed by atoms with E-state index in [2.05, 4.69) is 32.9 Å². The molecule has 0 aliphatic heterocycles. The second kappa shape index (κ2) is 5.80. The fourth-order valence-corrected chi connectivity index (χ4v) is 3.33. The standard InChI is InChI=1S/C12H20BrN3/c1-2-16-12(14-9-15-16)8-7-11(13)10-5-3-4-6-10/h9-11H,2-8H2,1H3. The Labute approximate surface area is 106 Å². The van der Waals surface area contributed by atoms with Gasteiger partial charge in [-0.3, -0.25) is 4.68 Å². The van der Waals surface area contributed by atoms with Crippen LogP contribution < -0.4 is 0 Å². The molecule has 0 amide bonds. The van der Waals surface area contributed by atoms with Crippen molar-refractivity contribution < 1.29 is 0 Å². The van der Waals surface area contributed by atoms with Crippen LogP contribution in [0.4, 0.5) is 0 Å². The van der Waals surface area contributed by atoms with E-state index < -0.39 is 0 Å². The van der Waals surface area contributed by atoms with Gasteiger partial charge in [0.25, 0.3) is 0 Å². The van der Waals surface area contributed by atoms with Gasteiger partial charge in [-0.05, 0) is 32.1 Å². The summed E-state index contributed by atoms with van der Waals surface area (Å²) in [6.07, 6.45) is 9.52. The Balaban J connectivity index is 1.82. The first-order valence-electron chi connectivity index (χ1n) is 6.32. The van der Waals surface area contributed by atoms with E-state index in [1.54, 1.807) is 6.33 Å². The van der Waals surface area contributed by atoms with E-state index in [1.807, 2.05) is 4.68 Å². The fourth-order valence-electron chi connectivity index (χ4n) is 2.57. The second-order valence-corrected chi connectivity index (χ2v) is 5.77. The fraction of sp³-hybridized carbons (Fsp3) is 0.833. The van der Waals surface area contributed by atoms with Crippen molar-refractivity contribution in [1.82, 2.24) is 14.8 Å². The Bertz CT molecular complexity index is 318. The third kappa shape index (κ3) is 2.84. The zero-order valence-corrected chi connectivity index (χ0v) is 11.5. The number of nitrogens with zero attached hydrogens (tertiary/aromatic N) is 3. The Morgan fingerprint density at radius 1 is 1.50 bits per heavy atom. The van der Waals surface area contributed by atoms with E-state index in [9.17, 15) is 0 Å². The predicted molar refractivity (Wildman–Crippen MR) is 68.7 cm³/mol. The first-order chi connectivity index (χ1) is 7.81. The molecule has 1 heterocycles. The summed E-state index contributed by atoms with van der Waals surface area (Å²) in [5.74, 6) is 2.02. The lowest BCUT2D eigenvalue weighted by molar-refractivity contribution is 0.494. The van der Waals surface area contributed by atoms with Crippen LogP contribution in [0.15, 0.2) is 6.33 Å². The Kier molecular flexibility index (Phi) is 4.38. The van der Waals surface area contributed by atoms with Crippen molar-refractivity contribution >= 4 is 15.9 Å². The van der Waals surface area contributed by atoms with Gasteiger partial charge in [0.1, 0.15) is 12.2 Å². The quantitative estimate of drug-likeness (QED) is 0.778. The molecule has 0 spiro atoms. The maximum absolute atomic E-state index is 4.32. The minimum atomic E-state index is 0.664. The molecule has 0 radical (unpaired) electrons. The number of halogens is 1. The van der Waals surface area contributed by atoms with Crippen molar-refractivity contribution in [3.8, 4) is 0 Å². The maximum atomic E-state index is 4.32. The molecule has 0 saturated heterocycles. The number of aryl methyl sites for hydroxylation is 2. The van der Waals surface area contributed by atoms with Crippen LogP contribution in [-0.2, 0) is 13.0 Å². The summed E-state index contributed by atoms with van der Waals surface area (Å²) in [7, 11) is 0. The van der Waals surface area contributed by atoms with Gasteiger partial charge in [0.05, 0.1) is 0 Å². The number of hydrogen-bond donors (Lipinski definition) is 0. The topological polar surface area (TPSA) is 30.7 Å². The molecule has 1 fully saturated rings. The van der Waals surface area contributed by atoms with E-state index in [4.69, 9.17) is 0 Å². The molecule has 1 atom stereocenters. The number of hydrogen-bond acceptors (Lipinski definition) is 2. The van der Waals surface area contributed by atoms with Gasteiger partial charge in [0.2, 0.25) is 0 Å². The van der Waals surface area contributed by atoms with Crippen LogP contribution in [-0.4, -0.2) is 19.6 Å². The maximum Gasteiger partial charge on any atom is 0.138 e. The van der Waals surface area contributed by atoms with Gasteiger partial charge in [-0.25, -0.2) is 4.98 Å². The van der Waals surface area contributed by atoms with E-state index >= 15 is 0 Å². The molecule has 1 aromatic rings. The zero-order valence-electron chi connectivity index (χ0n) is 9.90. The SMILES string of the molecule is CCn1ncnc1CCC(Br)C1CCCC1. The summed E-state index contributed by atoms with van der Waals surface area (Å²) in [5.41, 5.74) is 0. The molecule has 4 heteroatoms. The molecular weight excluding hydrogens is 266 g/mol. The van der Waals surface area contributed by atoms with Gasteiger partial charge >= 0.3 is 0 Å². The molecule has 1 saturated carbocycles. The first kappa shape index (κ1) is 12.1. The lowest BCUT2D eigenvalue weighted by Crippen LogP contribution is -2.13. The lowest BCUT2D eigenvalue weighted by atomic mass is 10.0. The highest BCUT2D eigenvalue weighted by Crippen LogP contribution is 2.33. The van der Waals surface area contributed by atoms with Crippen LogP contribution in [0.2, 0.25) is 0 Å². The molecule has 1 aromatic heterocycles. The first-order valence-corrected chi connectivity index (χ1v) is 7.23. The molecule has 0 N–H and O–H groups in total. The monoisotopic (exact) mass is 285 g/mol. The zero-order chi connectivity index (χ0) is 11.4. The van der Waals surface area contributed by atoms with Crippen LogP contribution in [0.5, 0.6) is 0 Å². The minimum Gasteiger partial charge on any atom is -0.250 e. The Morgan fingerprint density at radius 3 is 2.94 bits per heavy atom. The number of rotatable bonds is 5. The average molecular weight is 286 g/mol. The molecular formula is C12H20BrN3. The van der Waals surface area contributed by atoms with Crippen molar-refractivity contribution in [2.75, 3.05) is 0 Å². The third-order valence-corrected chi connectivity index (χ3v) is 4.76. The average Bonchev–Trinajstić information content (AvgIpc) is 2.96. The molecule has 1 aliphatic carbocycles. The Morgan fingerprint density at radius 2 is 2.25 bits per heavy atom. The summed E-state index contributed by atoms with van der Waals surface area (Å²) in [6.45, 7) is 3.03. The third-order valence-electron chi connectivity index (χ3n) is 3.55. The predicted octanol–water partition coefficient (Wildman–Crippen LogP) is 3.18. The molecule has 1 aliphatic rings. The van der Waals surface area contributed by atoms with Gasteiger partial charge < -0.3 is 0 Å². The van der Waals surface area contributed by atoms with Gasteiger partial charge in [0.15, 0.2) is 0 Å². The van der Waals surface area contributed by atoms with Crippen molar-refractivity contribution in [2.24, 2.45) is 5.92 Å². The van der Waals surface area contributed by atoms with Gasteiger partial charge in [-0.15, -0.1) is 0 Å². The van der Waals surface area contributed by atoms with E-state index in [1.165, 1.54) is 32.1 Å². The normalized spacial score (nSPS) is 19.1. The lowest BCUT2D eigenvalue weighted by Gasteiger charge is -2.16. The van der Waals surface area contributed by atoms with E-state index in [0.29, 0.717) is 4.83 Å². The van der Waals surface area contributed by atoms with Crippen molar-refractivity contribution in [2.45, 2.75) is 56.8 Å². The summed E-state index contributed by atoms with van der Waals surface area (Å²) in [4.78, 5) is 4.98. The van der Waals surface area contributed by atoms with Crippen molar-refractivity contribution in [3.63, 3.8) is 0 Å². The van der Waals surface area contributed by atoms with Crippen LogP contribution in [0.1, 0.15) is 44.9 Å². The smallest absolute Gasteiger partial charge is 0.138 e. The van der Waals surface area contributed by atoms with Crippen LogP contribution in [0.3, 0.4) is 0 Å². The molecule has 0 aromatic carbocycles. The summed E-state index contributed by atoms with van der Waals surface area (Å²) < 4.78 is 1.99. The summed E-state index contributed by atoms with van der Waals surface area (Å²) in [6, 6.07) is 0. The molecule has 16 heavy (non-hydrogen) atoms. The second-order valence-electron chi connectivity index (χ2n) is 4.59. The van der Waals surface area contributed by atoms with Crippen molar-refractivity contribution in [3.05, 3.63) is 12.2 Å². The number of alkyl halides is 1. The van der Waals surface area contributed by atoms with E-state index in [0.717, 1.165) is 24.7 Å². The highest BCUT2D eigenvalue weighted by atomic mass is 79.9. The van der Waals surface area contributed by atoms with Crippen LogP contribution in [0, 0.1) is 5.92 Å². The minimum absolute atomic E-state index is 0.664. The highest BCUT2D eigenvalue weighted by Gasteiger charge is 2.22. The molecule has 3 nitrogen and oxygen atoms in total. The van der Waals surface area contributed by atoms with E-state index in [-0.39, 0.29) is 0 Å².